The highest BCUT2D eigenvalue weighted by molar-refractivity contribution is 7.18. The Morgan fingerprint density at radius 1 is 1.26 bits per heavy atom. The van der Waals surface area contributed by atoms with Gasteiger partial charge in [-0.2, -0.15) is 0 Å². The number of para-hydroxylation sites is 1. The van der Waals surface area contributed by atoms with Crippen molar-refractivity contribution in [3.63, 3.8) is 0 Å². The molecule has 0 radical (unpaired) electrons. The van der Waals surface area contributed by atoms with E-state index in [0.29, 0.717) is 18.2 Å². The minimum absolute atomic E-state index is 0.201. The van der Waals surface area contributed by atoms with E-state index in [1.165, 1.54) is 0 Å². The quantitative estimate of drug-likeness (QED) is 0.936. The van der Waals surface area contributed by atoms with Gasteiger partial charge in [-0.1, -0.05) is 12.1 Å². The molecule has 0 unspecified atom stereocenters. The number of benzene rings is 1. The standard InChI is InChI=1S/C15H18N2OS/c16-11-7-5-10(6-8-11)13(18)9-15-17-12-3-1-2-4-14(12)19-15/h1-4,10-11H,5-9,16H2. The molecular weight excluding hydrogens is 256 g/mol. The zero-order chi connectivity index (χ0) is 13.2. The Balaban J connectivity index is 1.68. The van der Waals surface area contributed by atoms with E-state index in [1.807, 2.05) is 18.2 Å². The molecule has 0 aliphatic heterocycles. The predicted molar refractivity (Wildman–Crippen MR) is 78.3 cm³/mol. The number of thiazole rings is 1. The Labute approximate surface area is 116 Å². The van der Waals surface area contributed by atoms with Gasteiger partial charge in [0.15, 0.2) is 0 Å². The Morgan fingerprint density at radius 3 is 2.74 bits per heavy atom. The Morgan fingerprint density at radius 2 is 2.00 bits per heavy atom. The number of Topliss-reactive ketones (excluding diaryl/α,β-unsaturated/α-hetero) is 1. The van der Waals surface area contributed by atoms with E-state index in [-0.39, 0.29) is 5.92 Å². The zero-order valence-corrected chi connectivity index (χ0v) is 11.7. The highest BCUT2D eigenvalue weighted by Crippen LogP contribution is 2.27. The van der Waals surface area contributed by atoms with Crippen molar-refractivity contribution in [1.29, 1.82) is 0 Å². The summed E-state index contributed by atoms with van der Waals surface area (Å²) < 4.78 is 1.16. The predicted octanol–water partition coefficient (Wildman–Crippen LogP) is 2.93. The molecule has 1 fully saturated rings. The van der Waals surface area contributed by atoms with Crippen molar-refractivity contribution >= 4 is 27.3 Å². The maximum atomic E-state index is 12.3. The first-order chi connectivity index (χ1) is 9.22. The number of ketones is 1. The third-order valence-corrected chi connectivity index (χ3v) is 4.93. The second-order valence-corrected chi connectivity index (χ2v) is 6.45. The summed E-state index contributed by atoms with van der Waals surface area (Å²) in [5.74, 6) is 0.540. The molecule has 0 spiro atoms. The maximum Gasteiger partial charge on any atom is 0.142 e. The van der Waals surface area contributed by atoms with E-state index >= 15 is 0 Å². The monoisotopic (exact) mass is 274 g/mol. The van der Waals surface area contributed by atoms with Crippen molar-refractivity contribution in [3.05, 3.63) is 29.3 Å². The first-order valence-electron chi connectivity index (χ1n) is 6.85. The van der Waals surface area contributed by atoms with Gasteiger partial charge in [0.05, 0.1) is 16.6 Å². The average Bonchev–Trinajstić information content (AvgIpc) is 2.81. The molecule has 0 atom stereocenters. The van der Waals surface area contributed by atoms with Gasteiger partial charge in [-0.15, -0.1) is 11.3 Å². The molecule has 2 aromatic rings. The Kier molecular flexibility index (Phi) is 3.62. The van der Waals surface area contributed by atoms with Crippen molar-refractivity contribution in [2.45, 2.75) is 38.1 Å². The van der Waals surface area contributed by atoms with Crippen LogP contribution in [-0.2, 0) is 11.2 Å². The van der Waals surface area contributed by atoms with Gasteiger partial charge >= 0.3 is 0 Å². The van der Waals surface area contributed by atoms with Gasteiger partial charge in [-0.05, 0) is 37.8 Å². The van der Waals surface area contributed by atoms with Crippen molar-refractivity contribution < 1.29 is 4.79 Å². The maximum absolute atomic E-state index is 12.3. The normalized spacial score (nSPS) is 23.6. The third kappa shape index (κ3) is 2.85. The Hall–Kier alpha value is -1.26. The lowest BCUT2D eigenvalue weighted by molar-refractivity contribution is -0.123. The molecule has 2 N–H and O–H groups in total. The fraction of sp³-hybridized carbons (Fsp3) is 0.467. The van der Waals surface area contributed by atoms with Crippen molar-refractivity contribution in [2.75, 3.05) is 0 Å². The summed E-state index contributed by atoms with van der Waals surface area (Å²) in [5, 5.41) is 0.945. The van der Waals surface area contributed by atoms with Gasteiger partial charge in [-0.3, -0.25) is 4.79 Å². The summed E-state index contributed by atoms with van der Waals surface area (Å²) in [6, 6.07) is 8.34. The minimum atomic E-state index is 0.201. The van der Waals surface area contributed by atoms with E-state index in [9.17, 15) is 4.79 Å². The second kappa shape index (κ2) is 5.39. The average molecular weight is 274 g/mol. The van der Waals surface area contributed by atoms with Crippen LogP contribution in [0.1, 0.15) is 30.7 Å². The van der Waals surface area contributed by atoms with Gasteiger partial charge in [0.1, 0.15) is 10.8 Å². The van der Waals surface area contributed by atoms with Crippen LogP contribution < -0.4 is 5.73 Å². The van der Waals surface area contributed by atoms with Gasteiger partial charge in [0.2, 0.25) is 0 Å². The number of aromatic nitrogens is 1. The van der Waals surface area contributed by atoms with Crippen LogP contribution in [0.5, 0.6) is 0 Å². The molecular formula is C15H18N2OS. The summed E-state index contributed by atoms with van der Waals surface area (Å²) in [6.45, 7) is 0. The molecule has 0 amide bonds. The largest absolute Gasteiger partial charge is 0.328 e. The Bertz CT molecular complexity index is 552. The zero-order valence-electron chi connectivity index (χ0n) is 10.8. The van der Waals surface area contributed by atoms with E-state index in [2.05, 4.69) is 11.1 Å². The molecule has 1 aromatic carbocycles. The highest BCUT2D eigenvalue weighted by Gasteiger charge is 2.25. The summed E-state index contributed by atoms with van der Waals surface area (Å²) in [4.78, 5) is 16.8. The topological polar surface area (TPSA) is 56.0 Å². The van der Waals surface area contributed by atoms with Gasteiger partial charge in [-0.25, -0.2) is 4.98 Å². The van der Waals surface area contributed by atoms with Crippen LogP contribution in [0.4, 0.5) is 0 Å². The number of nitrogens with zero attached hydrogens (tertiary/aromatic N) is 1. The van der Waals surface area contributed by atoms with Crippen LogP contribution >= 0.6 is 11.3 Å². The molecule has 0 saturated heterocycles. The molecule has 1 aliphatic carbocycles. The fourth-order valence-corrected chi connectivity index (χ4v) is 3.71. The van der Waals surface area contributed by atoms with Gasteiger partial charge < -0.3 is 5.73 Å². The number of rotatable bonds is 3. The molecule has 1 aliphatic rings. The third-order valence-electron chi connectivity index (χ3n) is 3.89. The van der Waals surface area contributed by atoms with E-state index in [1.54, 1.807) is 11.3 Å². The highest BCUT2D eigenvalue weighted by atomic mass is 32.1. The van der Waals surface area contributed by atoms with Crippen molar-refractivity contribution in [3.8, 4) is 0 Å². The van der Waals surface area contributed by atoms with Crippen molar-refractivity contribution in [1.82, 2.24) is 4.98 Å². The molecule has 19 heavy (non-hydrogen) atoms. The molecule has 3 rings (SSSR count). The SMILES string of the molecule is NC1CCC(C(=O)Cc2nc3ccccc3s2)CC1. The van der Waals surface area contributed by atoms with Crippen LogP contribution in [0.3, 0.4) is 0 Å². The van der Waals surface area contributed by atoms with E-state index < -0.39 is 0 Å². The van der Waals surface area contributed by atoms with Gasteiger partial charge in [0.25, 0.3) is 0 Å². The van der Waals surface area contributed by atoms with Crippen LogP contribution in [-0.4, -0.2) is 16.8 Å². The molecule has 3 nitrogen and oxygen atoms in total. The van der Waals surface area contributed by atoms with Crippen molar-refractivity contribution in [2.24, 2.45) is 11.7 Å². The molecule has 4 heteroatoms. The minimum Gasteiger partial charge on any atom is -0.328 e. The van der Waals surface area contributed by atoms with Gasteiger partial charge in [0, 0.05) is 12.0 Å². The van der Waals surface area contributed by atoms with Crippen LogP contribution in [0.2, 0.25) is 0 Å². The number of nitrogens with two attached hydrogens (primary N) is 1. The van der Waals surface area contributed by atoms with E-state index in [0.717, 1.165) is 40.9 Å². The lowest BCUT2D eigenvalue weighted by atomic mass is 9.83. The van der Waals surface area contributed by atoms with Crippen LogP contribution in [0, 0.1) is 5.92 Å². The summed E-state index contributed by atoms with van der Waals surface area (Å²) in [7, 11) is 0. The molecule has 0 bridgehead atoms. The smallest absolute Gasteiger partial charge is 0.142 e. The number of hydrogen-bond donors (Lipinski definition) is 1. The fourth-order valence-electron chi connectivity index (χ4n) is 2.73. The second-order valence-electron chi connectivity index (χ2n) is 5.33. The number of carbonyl (C=O) groups excluding carboxylic acids is 1. The molecule has 100 valence electrons. The lowest BCUT2D eigenvalue weighted by Crippen LogP contribution is -2.30. The van der Waals surface area contributed by atoms with Crippen LogP contribution in [0.25, 0.3) is 10.2 Å². The summed E-state index contributed by atoms with van der Waals surface area (Å²) >= 11 is 1.63. The molecule has 1 saturated carbocycles. The van der Waals surface area contributed by atoms with Crippen LogP contribution in [0.15, 0.2) is 24.3 Å². The molecule has 1 aromatic heterocycles. The lowest BCUT2D eigenvalue weighted by Gasteiger charge is -2.24. The first-order valence-corrected chi connectivity index (χ1v) is 7.67. The van der Waals surface area contributed by atoms with E-state index in [4.69, 9.17) is 5.73 Å². The number of hydrogen-bond acceptors (Lipinski definition) is 4. The summed E-state index contributed by atoms with van der Waals surface area (Å²) in [6.07, 6.45) is 4.35. The number of fused-ring (bicyclic) bond motifs is 1. The summed E-state index contributed by atoms with van der Waals surface area (Å²) in [5.41, 5.74) is 6.88. The molecule has 1 heterocycles. The number of carbonyl (C=O) groups is 1. The first kappa shape index (κ1) is 12.8.